The van der Waals surface area contributed by atoms with Gasteiger partial charge < -0.3 is 0 Å². The van der Waals surface area contributed by atoms with Gasteiger partial charge >= 0.3 is 6.03 Å². The van der Waals surface area contributed by atoms with Crippen molar-refractivity contribution in [2.75, 3.05) is 24.2 Å². The number of imide groups is 1. The molecule has 3 rings (SSSR count). The number of halogens is 1. The summed E-state index contributed by atoms with van der Waals surface area (Å²) in [6.45, 7) is 1.35. The van der Waals surface area contributed by atoms with Crippen molar-refractivity contribution < 1.29 is 27.2 Å². The lowest BCUT2D eigenvalue weighted by Gasteiger charge is -2.19. The molecule has 11 heteroatoms. The van der Waals surface area contributed by atoms with E-state index in [0.717, 1.165) is 16.0 Å². The first-order chi connectivity index (χ1) is 14.1. The van der Waals surface area contributed by atoms with Gasteiger partial charge in [-0.1, -0.05) is 0 Å². The summed E-state index contributed by atoms with van der Waals surface area (Å²) >= 11 is 1.19. The van der Waals surface area contributed by atoms with Crippen molar-refractivity contribution in [2.45, 2.75) is 19.4 Å². The van der Waals surface area contributed by atoms with Crippen LogP contribution in [0, 0.1) is 5.82 Å². The highest BCUT2D eigenvalue weighted by atomic mass is 32.2. The molecule has 1 N–H and O–H groups in total. The maximum Gasteiger partial charge on any atom is 0.332 e. The molecule has 0 aliphatic carbocycles. The van der Waals surface area contributed by atoms with Crippen LogP contribution >= 0.6 is 11.3 Å². The number of carbonyl (C=O) groups excluding carboxylic acids is 3. The highest BCUT2D eigenvalue weighted by molar-refractivity contribution is 7.88. The zero-order valence-corrected chi connectivity index (χ0v) is 17.9. The number of carbonyl (C=O) groups is 3. The molecule has 1 aromatic heterocycles. The van der Waals surface area contributed by atoms with Crippen LogP contribution in [0.5, 0.6) is 0 Å². The van der Waals surface area contributed by atoms with Gasteiger partial charge in [-0.3, -0.25) is 19.4 Å². The summed E-state index contributed by atoms with van der Waals surface area (Å²) in [5.41, 5.74) is 0.369. The number of amides is 3. The third-order valence-electron chi connectivity index (χ3n) is 4.53. The van der Waals surface area contributed by atoms with Crippen molar-refractivity contribution in [3.05, 3.63) is 52.0 Å². The number of hydrogen-bond acceptors (Lipinski definition) is 6. The molecule has 1 saturated heterocycles. The van der Waals surface area contributed by atoms with Crippen molar-refractivity contribution in [3.63, 3.8) is 0 Å². The number of anilines is 1. The zero-order valence-electron chi connectivity index (χ0n) is 16.3. The van der Waals surface area contributed by atoms with Crippen LogP contribution < -0.4 is 9.62 Å². The van der Waals surface area contributed by atoms with Gasteiger partial charge in [-0.05, 0) is 49.7 Å². The summed E-state index contributed by atoms with van der Waals surface area (Å²) in [5, 5.41) is 0. The minimum absolute atomic E-state index is 0.209. The van der Waals surface area contributed by atoms with Gasteiger partial charge in [0.15, 0.2) is 5.78 Å². The van der Waals surface area contributed by atoms with Crippen molar-refractivity contribution in [1.82, 2.24) is 9.62 Å². The Bertz CT molecular complexity index is 1080. The van der Waals surface area contributed by atoms with Crippen molar-refractivity contribution >= 4 is 44.8 Å². The summed E-state index contributed by atoms with van der Waals surface area (Å²) in [7, 11) is -3.29. The Balaban J connectivity index is 1.67. The Morgan fingerprint density at radius 1 is 1.17 bits per heavy atom. The first-order valence-electron chi connectivity index (χ1n) is 9.03. The lowest BCUT2D eigenvalue weighted by molar-refractivity contribution is -0.126. The van der Waals surface area contributed by atoms with Crippen LogP contribution in [0.3, 0.4) is 0 Å². The largest absolute Gasteiger partial charge is 0.332 e. The summed E-state index contributed by atoms with van der Waals surface area (Å²) in [5.74, 6) is -1.36. The van der Waals surface area contributed by atoms with E-state index >= 15 is 0 Å². The molecule has 1 fully saturated rings. The second-order valence-electron chi connectivity index (χ2n) is 6.83. The second kappa shape index (κ2) is 8.62. The van der Waals surface area contributed by atoms with Gasteiger partial charge in [-0.25, -0.2) is 22.3 Å². The summed E-state index contributed by atoms with van der Waals surface area (Å²) in [4.78, 5) is 41.2. The van der Waals surface area contributed by atoms with Crippen molar-refractivity contribution in [1.29, 1.82) is 0 Å². The summed E-state index contributed by atoms with van der Waals surface area (Å²) in [6, 6.07) is 7.05. The maximum atomic E-state index is 13.2. The lowest BCUT2D eigenvalue weighted by atomic mass is 10.2. The number of benzene rings is 1. The summed E-state index contributed by atoms with van der Waals surface area (Å²) < 4.78 is 37.8. The van der Waals surface area contributed by atoms with Gasteiger partial charge in [-0.2, -0.15) is 0 Å². The summed E-state index contributed by atoms with van der Waals surface area (Å²) in [6.07, 6.45) is 1.48. The molecule has 8 nitrogen and oxygen atoms in total. The number of ketones is 1. The molecule has 0 bridgehead atoms. The van der Waals surface area contributed by atoms with Crippen LogP contribution in [0.2, 0.25) is 0 Å². The predicted molar refractivity (Wildman–Crippen MR) is 111 cm³/mol. The first kappa shape index (κ1) is 22.1. The van der Waals surface area contributed by atoms with E-state index in [-0.39, 0.29) is 6.54 Å². The molecule has 1 aliphatic heterocycles. The fourth-order valence-corrected chi connectivity index (χ4v) is 4.46. The van der Waals surface area contributed by atoms with E-state index in [9.17, 15) is 27.2 Å². The average molecular weight is 454 g/mol. The molecule has 1 aliphatic rings. The fraction of sp³-hybridized carbons (Fsp3) is 0.316. The predicted octanol–water partition coefficient (Wildman–Crippen LogP) is 2.02. The van der Waals surface area contributed by atoms with Gasteiger partial charge in [-0.15, -0.1) is 11.3 Å². The lowest BCUT2D eigenvalue weighted by Crippen LogP contribution is -2.36. The number of Topliss-reactive ketones (excluding diaryl/α,β-unsaturated/α-hetero) is 1. The minimum Gasteiger partial charge on any atom is -0.291 e. The van der Waals surface area contributed by atoms with Crippen LogP contribution in [-0.2, 0) is 21.2 Å². The molecule has 0 spiro atoms. The van der Waals surface area contributed by atoms with Gasteiger partial charge in [0.05, 0.1) is 17.7 Å². The molecule has 2 aromatic rings. The van der Waals surface area contributed by atoms with E-state index in [2.05, 4.69) is 4.72 Å². The SMILES string of the molecule is C[C@@H]1C(=O)N(CC(=O)c2ccc(CCNS(C)(=O)=O)s2)C(=O)N1c1ccc(F)cc1. The maximum absolute atomic E-state index is 13.2. The fourth-order valence-electron chi connectivity index (χ4n) is 3.05. The monoisotopic (exact) mass is 453 g/mol. The highest BCUT2D eigenvalue weighted by Crippen LogP contribution is 2.27. The highest BCUT2D eigenvalue weighted by Gasteiger charge is 2.44. The van der Waals surface area contributed by atoms with Crippen LogP contribution in [0.1, 0.15) is 21.5 Å². The Morgan fingerprint density at radius 2 is 1.83 bits per heavy atom. The van der Waals surface area contributed by atoms with Gasteiger partial charge in [0.1, 0.15) is 11.9 Å². The van der Waals surface area contributed by atoms with E-state index in [1.165, 1.54) is 40.5 Å². The third-order valence-corrected chi connectivity index (χ3v) is 6.44. The number of hydrogen-bond donors (Lipinski definition) is 1. The normalized spacial score (nSPS) is 17.1. The van der Waals surface area contributed by atoms with Crippen LogP contribution in [0.4, 0.5) is 14.9 Å². The number of rotatable bonds is 8. The number of sulfonamides is 1. The number of urea groups is 1. The molecule has 2 heterocycles. The Kier molecular flexibility index (Phi) is 6.34. The number of nitrogens with zero attached hydrogens (tertiary/aromatic N) is 2. The molecule has 0 radical (unpaired) electrons. The van der Waals surface area contributed by atoms with E-state index < -0.39 is 46.1 Å². The molecule has 1 atom stereocenters. The number of nitrogens with one attached hydrogen (secondary N) is 1. The Labute approximate surface area is 177 Å². The molecular formula is C19H20FN3O5S2. The third kappa shape index (κ3) is 4.91. The average Bonchev–Trinajstić information content (AvgIpc) is 3.21. The topological polar surface area (TPSA) is 104 Å². The van der Waals surface area contributed by atoms with Crippen LogP contribution in [-0.4, -0.2) is 56.4 Å². The minimum atomic E-state index is -3.29. The standard InChI is InChI=1S/C19H20FN3O5S2/c1-12-18(25)22(19(26)23(12)14-5-3-13(20)4-6-14)11-16(24)17-8-7-15(29-17)9-10-21-30(2,27)28/h3-8,12,21H,9-11H2,1-2H3/t12-/m1/s1. The Hall–Kier alpha value is -2.63. The number of thiophene rings is 1. The molecule has 1 aromatic carbocycles. The zero-order chi connectivity index (χ0) is 22.1. The molecule has 0 saturated carbocycles. The van der Waals surface area contributed by atoms with E-state index in [4.69, 9.17) is 0 Å². The molecule has 0 unspecified atom stereocenters. The molecule has 3 amide bonds. The van der Waals surface area contributed by atoms with Crippen molar-refractivity contribution in [2.24, 2.45) is 0 Å². The van der Waals surface area contributed by atoms with Gasteiger partial charge in [0, 0.05) is 17.1 Å². The van der Waals surface area contributed by atoms with Crippen molar-refractivity contribution in [3.8, 4) is 0 Å². The molecule has 30 heavy (non-hydrogen) atoms. The molecule has 160 valence electrons. The molecular weight excluding hydrogens is 433 g/mol. The quantitative estimate of drug-likeness (QED) is 0.487. The second-order valence-corrected chi connectivity index (χ2v) is 9.84. The van der Waals surface area contributed by atoms with E-state index in [0.29, 0.717) is 17.0 Å². The van der Waals surface area contributed by atoms with Gasteiger partial charge in [0.25, 0.3) is 5.91 Å². The van der Waals surface area contributed by atoms with Gasteiger partial charge in [0.2, 0.25) is 10.0 Å². The van der Waals surface area contributed by atoms with E-state index in [1.54, 1.807) is 19.1 Å². The first-order valence-corrected chi connectivity index (χ1v) is 11.7. The van der Waals surface area contributed by atoms with E-state index in [1.807, 2.05) is 0 Å². The van der Waals surface area contributed by atoms with Crippen LogP contribution in [0.15, 0.2) is 36.4 Å². The Morgan fingerprint density at radius 3 is 2.47 bits per heavy atom. The van der Waals surface area contributed by atoms with Crippen LogP contribution in [0.25, 0.3) is 0 Å². The smallest absolute Gasteiger partial charge is 0.291 e.